The first-order valence-electron chi connectivity index (χ1n) is 5.59. The minimum absolute atomic E-state index is 0.176. The van der Waals surface area contributed by atoms with Gasteiger partial charge >= 0.3 is 0 Å². The Balaban J connectivity index is 2.62. The molecule has 0 bridgehead atoms. The van der Waals surface area contributed by atoms with Crippen molar-refractivity contribution in [2.24, 2.45) is 0 Å². The smallest absolute Gasteiger partial charge is 0.171 e. The molecule has 2 nitrogen and oxygen atoms in total. The van der Waals surface area contributed by atoms with Crippen LogP contribution >= 0.6 is 12.2 Å². The molecule has 0 saturated heterocycles. The van der Waals surface area contributed by atoms with Crippen LogP contribution in [0.3, 0.4) is 0 Å². The Hall–Kier alpha value is -1.23. The van der Waals surface area contributed by atoms with Gasteiger partial charge < -0.3 is 10.6 Å². The van der Waals surface area contributed by atoms with Crippen LogP contribution in [0.4, 0.5) is 14.5 Å². The first-order valence-corrected chi connectivity index (χ1v) is 6.00. The van der Waals surface area contributed by atoms with Crippen molar-refractivity contribution in [2.45, 2.75) is 32.7 Å². The van der Waals surface area contributed by atoms with Gasteiger partial charge in [0.1, 0.15) is 11.6 Å². The van der Waals surface area contributed by atoms with E-state index in [2.05, 4.69) is 10.6 Å². The summed E-state index contributed by atoms with van der Waals surface area (Å²) in [6, 6.07) is 3.59. The number of rotatable bonds is 4. The second-order valence-corrected chi connectivity index (χ2v) is 4.14. The van der Waals surface area contributed by atoms with Gasteiger partial charge in [0, 0.05) is 12.1 Å². The maximum absolute atomic E-state index is 13.3. The molecule has 0 aliphatic rings. The maximum Gasteiger partial charge on any atom is 0.171 e. The predicted molar refractivity (Wildman–Crippen MR) is 70.1 cm³/mol. The third-order valence-electron chi connectivity index (χ3n) is 2.50. The quantitative estimate of drug-likeness (QED) is 0.809. The number of anilines is 1. The van der Waals surface area contributed by atoms with Crippen molar-refractivity contribution in [3.63, 3.8) is 0 Å². The van der Waals surface area contributed by atoms with E-state index in [0.29, 0.717) is 5.11 Å². The van der Waals surface area contributed by atoms with E-state index >= 15 is 0 Å². The van der Waals surface area contributed by atoms with E-state index in [4.69, 9.17) is 12.2 Å². The third kappa shape index (κ3) is 4.26. The molecule has 0 radical (unpaired) electrons. The molecule has 0 saturated carbocycles. The molecule has 1 aromatic rings. The zero-order chi connectivity index (χ0) is 12.8. The summed E-state index contributed by atoms with van der Waals surface area (Å²) in [5.41, 5.74) is 0.176. The van der Waals surface area contributed by atoms with Crippen molar-refractivity contribution in [3.05, 3.63) is 29.8 Å². The molecule has 0 aliphatic carbocycles. The Morgan fingerprint density at radius 1 is 1.29 bits per heavy atom. The Kier molecular flexibility index (Phi) is 5.28. The average Bonchev–Trinajstić information content (AvgIpc) is 2.29. The summed E-state index contributed by atoms with van der Waals surface area (Å²) in [6.07, 6.45) is 1.87. The van der Waals surface area contributed by atoms with E-state index in [9.17, 15) is 8.78 Å². The number of thiocarbonyl (C=S) groups is 1. The van der Waals surface area contributed by atoms with Gasteiger partial charge in [-0.3, -0.25) is 0 Å². The van der Waals surface area contributed by atoms with Gasteiger partial charge in [0.25, 0.3) is 0 Å². The minimum atomic E-state index is -0.654. The zero-order valence-electron chi connectivity index (χ0n) is 9.89. The molecular formula is C12H16F2N2S. The highest BCUT2D eigenvalue weighted by Gasteiger charge is 2.08. The first-order chi connectivity index (χ1) is 8.06. The van der Waals surface area contributed by atoms with Crippen LogP contribution in [0.1, 0.15) is 26.7 Å². The molecule has 94 valence electrons. The van der Waals surface area contributed by atoms with Crippen molar-refractivity contribution in [1.29, 1.82) is 0 Å². The molecule has 1 rings (SSSR count). The lowest BCUT2D eigenvalue weighted by Crippen LogP contribution is -2.37. The van der Waals surface area contributed by atoms with Gasteiger partial charge in [-0.15, -0.1) is 0 Å². The molecule has 0 spiro atoms. The largest absolute Gasteiger partial charge is 0.360 e. The molecule has 2 N–H and O–H groups in total. The molecule has 0 aromatic heterocycles. The summed E-state index contributed by atoms with van der Waals surface area (Å²) in [4.78, 5) is 0. The summed E-state index contributed by atoms with van der Waals surface area (Å²) >= 11 is 5.05. The average molecular weight is 258 g/mol. The molecule has 0 aliphatic heterocycles. The van der Waals surface area contributed by atoms with Crippen LogP contribution < -0.4 is 10.6 Å². The number of benzene rings is 1. The fourth-order valence-electron chi connectivity index (χ4n) is 1.43. The molecule has 17 heavy (non-hydrogen) atoms. The van der Waals surface area contributed by atoms with Gasteiger partial charge in [-0.25, -0.2) is 8.78 Å². The van der Waals surface area contributed by atoms with Crippen molar-refractivity contribution in [2.75, 3.05) is 5.32 Å². The summed E-state index contributed by atoms with van der Waals surface area (Å²) in [6.45, 7) is 4.09. The molecular weight excluding hydrogens is 242 g/mol. The Morgan fingerprint density at radius 3 is 2.47 bits per heavy atom. The third-order valence-corrected chi connectivity index (χ3v) is 2.72. The molecule has 1 aromatic carbocycles. The molecule has 0 fully saturated rings. The van der Waals surface area contributed by atoms with Crippen LogP contribution in [0.5, 0.6) is 0 Å². The highest BCUT2D eigenvalue weighted by molar-refractivity contribution is 7.80. The topological polar surface area (TPSA) is 24.1 Å². The Labute approximate surface area is 105 Å². The number of hydrogen-bond acceptors (Lipinski definition) is 1. The van der Waals surface area contributed by atoms with Crippen molar-refractivity contribution in [3.8, 4) is 0 Å². The van der Waals surface area contributed by atoms with Crippen LogP contribution in [-0.2, 0) is 0 Å². The fraction of sp³-hybridized carbons (Fsp3) is 0.417. The summed E-state index contributed by atoms with van der Waals surface area (Å²) < 4.78 is 26.0. The van der Waals surface area contributed by atoms with Gasteiger partial charge in [0.2, 0.25) is 0 Å². The van der Waals surface area contributed by atoms with Crippen LogP contribution in [0.15, 0.2) is 18.2 Å². The van der Waals surface area contributed by atoms with Gasteiger partial charge in [0.05, 0.1) is 5.69 Å². The van der Waals surface area contributed by atoms with Crippen molar-refractivity contribution in [1.82, 2.24) is 5.32 Å². The van der Waals surface area contributed by atoms with Crippen molar-refractivity contribution < 1.29 is 8.78 Å². The highest BCUT2D eigenvalue weighted by Crippen LogP contribution is 2.14. The first kappa shape index (κ1) is 13.8. The van der Waals surface area contributed by atoms with E-state index in [-0.39, 0.29) is 11.7 Å². The van der Waals surface area contributed by atoms with Gasteiger partial charge in [-0.2, -0.15) is 0 Å². The van der Waals surface area contributed by atoms with E-state index < -0.39 is 11.6 Å². The van der Waals surface area contributed by atoms with Crippen molar-refractivity contribution >= 4 is 23.0 Å². The number of nitrogens with one attached hydrogen (secondary N) is 2. The van der Waals surface area contributed by atoms with Gasteiger partial charge in [-0.1, -0.05) is 13.8 Å². The standard InChI is InChI=1S/C12H16F2N2S/c1-3-9(4-2)15-12(17)16-11-6-5-8(13)7-10(11)14/h5-7,9H,3-4H2,1-2H3,(H2,15,16,17). The van der Waals surface area contributed by atoms with Crippen LogP contribution in [0, 0.1) is 11.6 Å². The second-order valence-electron chi connectivity index (χ2n) is 3.74. The lowest BCUT2D eigenvalue weighted by Gasteiger charge is -2.18. The van der Waals surface area contributed by atoms with Gasteiger partial charge in [-0.05, 0) is 37.2 Å². The molecule has 0 amide bonds. The van der Waals surface area contributed by atoms with E-state index in [1.807, 2.05) is 13.8 Å². The molecule has 0 heterocycles. The second kappa shape index (κ2) is 6.49. The maximum atomic E-state index is 13.3. The number of hydrogen-bond donors (Lipinski definition) is 2. The number of halogens is 2. The monoisotopic (exact) mass is 258 g/mol. The minimum Gasteiger partial charge on any atom is -0.360 e. The SMILES string of the molecule is CCC(CC)NC(=S)Nc1ccc(F)cc1F. The van der Waals surface area contributed by atoms with E-state index in [1.54, 1.807) is 0 Å². The van der Waals surface area contributed by atoms with Gasteiger partial charge in [0.15, 0.2) is 5.11 Å². The Bertz CT molecular complexity index is 392. The fourth-order valence-corrected chi connectivity index (χ4v) is 1.70. The highest BCUT2D eigenvalue weighted by atomic mass is 32.1. The van der Waals surface area contributed by atoms with E-state index in [1.165, 1.54) is 12.1 Å². The lowest BCUT2D eigenvalue weighted by molar-refractivity contribution is 0.571. The summed E-state index contributed by atoms with van der Waals surface area (Å²) in [5.74, 6) is -1.26. The van der Waals surface area contributed by atoms with Crippen LogP contribution in [-0.4, -0.2) is 11.2 Å². The summed E-state index contributed by atoms with van der Waals surface area (Å²) in [7, 11) is 0. The molecule has 0 unspecified atom stereocenters. The zero-order valence-corrected chi connectivity index (χ0v) is 10.7. The summed E-state index contributed by atoms with van der Waals surface area (Å²) in [5, 5.41) is 6.13. The molecule has 5 heteroatoms. The Morgan fingerprint density at radius 2 is 1.94 bits per heavy atom. The predicted octanol–water partition coefficient (Wildman–Crippen LogP) is 3.44. The normalized spacial score (nSPS) is 10.4. The van der Waals surface area contributed by atoms with Crippen LogP contribution in [0.25, 0.3) is 0 Å². The lowest BCUT2D eigenvalue weighted by atomic mass is 10.2. The van der Waals surface area contributed by atoms with E-state index in [0.717, 1.165) is 18.9 Å². The van der Waals surface area contributed by atoms with Crippen LogP contribution in [0.2, 0.25) is 0 Å². The molecule has 0 atom stereocenters.